The summed E-state index contributed by atoms with van der Waals surface area (Å²) in [5.41, 5.74) is -0.00825. The maximum absolute atomic E-state index is 12.5. The number of aromatic carboxylic acids is 1. The second-order valence-corrected chi connectivity index (χ2v) is 7.57. The number of aliphatic hydroxyl groups excluding tert-OH is 1. The molecule has 116 valence electrons. The van der Waals surface area contributed by atoms with E-state index in [1.807, 2.05) is 6.92 Å². The van der Waals surface area contributed by atoms with Crippen LogP contribution in [0.5, 0.6) is 0 Å². The molecule has 8 heteroatoms. The molecule has 0 amide bonds. The molecule has 2 N–H and O–H groups in total. The van der Waals surface area contributed by atoms with Crippen LogP contribution >= 0.6 is 63.7 Å². The molecule has 1 unspecified atom stereocenters. The summed E-state index contributed by atoms with van der Waals surface area (Å²) in [6.45, 7) is 1.76. The topological polar surface area (TPSA) is 74.6 Å². The third kappa shape index (κ3) is 4.16. The van der Waals surface area contributed by atoms with E-state index in [-0.39, 0.29) is 35.9 Å². The smallest absolute Gasteiger partial charge is 0.337 e. The fraction of sp³-hybridized carbons (Fsp3) is 0.385. The van der Waals surface area contributed by atoms with Crippen LogP contribution in [0.3, 0.4) is 0 Å². The Morgan fingerprint density at radius 2 is 1.48 bits per heavy atom. The minimum absolute atomic E-state index is 0.0897. The monoisotopic (exact) mass is 548 g/mol. The van der Waals surface area contributed by atoms with Crippen LogP contribution in [-0.2, 0) is 0 Å². The molecule has 1 rings (SSSR count). The Balaban J connectivity index is 3.47. The number of Topliss-reactive ketones (excluding diaryl/α,β-unsaturated/α-hetero) is 1. The molecule has 0 radical (unpaired) electrons. The number of carboxylic acids is 1. The summed E-state index contributed by atoms with van der Waals surface area (Å²) in [6, 6.07) is 0. The van der Waals surface area contributed by atoms with Crippen LogP contribution in [0.15, 0.2) is 17.9 Å². The van der Waals surface area contributed by atoms with Crippen molar-refractivity contribution in [1.29, 1.82) is 0 Å². The van der Waals surface area contributed by atoms with Crippen molar-refractivity contribution in [3.8, 4) is 0 Å². The van der Waals surface area contributed by atoms with Gasteiger partial charge in [-0.2, -0.15) is 0 Å². The van der Waals surface area contributed by atoms with Crippen LogP contribution in [-0.4, -0.2) is 28.6 Å². The van der Waals surface area contributed by atoms with Gasteiger partial charge in [0.2, 0.25) is 0 Å². The number of carbonyl (C=O) groups is 2. The van der Waals surface area contributed by atoms with E-state index in [4.69, 9.17) is 0 Å². The molecule has 0 bridgehead atoms. The van der Waals surface area contributed by atoms with Crippen molar-refractivity contribution < 1.29 is 19.8 Å². The van der Waals surface area contributed by atoms with E-state index in [0.717, 1.165) is 0 Å². The number of halogens is 4. The highest BCUT2D eigenvalue weighted by Crippen LogP contribution is 2.42. The Morgan fingerprint density at radius 1 is 1.00 bits per heavy atom. The molecule has 1 aromatic rings. The van der Waals surface area contributed by atoms with Crippen LogP contribution in [0.1, 0.15) is 40.5 Å². The molecule has 0 aliphatic carbocycles. The molecule has 0 aliphatic heterocycles. The lowest BCUT2D eigenvalue weighted by Crippen LogP contribution is -2.16. The number of carbonyl (C=O) groups excluding carboxylic acids is 1. The van der Waals surface area contributed by atoms with Gasteiger partial charge in [0.05, 0.1) is 5.56 Å². The zero-order chi connectivity index (χ0) is 16.3. The Bertz CT molecular complexity index is 582. The predicted octanol–water partition coefficient (Wildman–Crippen LogP) is 5.03. The van der Waals surface area contributed by atoms with Gasteiger partial charge in [-0.15, -0.1) is 0 Å². The Kier molecular flexibility index (Phi) is 7.52. The van der Waals surface area contributed by atoms with Gasteiger partial charge in [0.15, 0.2) is 5.78 Å². The molecular weight excluding hydrogens is 540 g/mol. The Morgan fingerprint density at radius 3 is 1.86 bits per heavy atom. The number of benzene rings is 1. The number of hydrogen-bond donors (Lipinski definition) is 2. The van der Waals surface area contributed by atoms with E-state index in [2.05, 4.69) is 63.7 Å². The molecule has 0 spiro atoms. The van der Waals surface area contributed by atoms with E-state index >= 15 is 0 Å². The Labute approximate surface area is 155 Å². The number of carboxylic acid groups (broad SMARTS) is 1. The van der Waals surface area contributed by atoms with Gasteiger partial charge in [-0.25, -0.2) is 4.79 Å². The largest absolute Gasteiger partial charge is 0.478 e. The van der Waals surface area contributed by atoms with Crippen molar-refractivity contribution in [1.82, 2.24) is 0 Å². The summed E-state index contributed by atoms with van der Waals surface area (Å²) in [7, 11) is 0. The lowest BCUT2D eigenvalue weighted by molar-refractivity contribution is 0.0689. The van der Waals surface area contributed by atoms with E-state index < -0.39 is 5.97 Å². The van der Waals surface area contributed by atoms with Crippen molar-refractivity contribution in [3.63, 3.8) is 0 Å². The SMILES string of the molecule is CCC(CO)CC(=O)c1c(Br)c(Br)c(Br)c(Br)c1C(=O)O. The van der Waals surface area contributed by atoms with Gasteiger partial charge in [0, 0.05) is 36.5 Å². The van der Waals surface area contributed by atoms with Crippen molar-refractivity contribution in [3.05, 3.63) is 29.0 Å². The molecule has 0 saturated heterocycles. The maximum atomic E-state index is 12.5. The van der Waals surface area contributed by atoms with Gasteiger partial charge in [-0.1, -0.05) is 13.3 Å². The van der Waals surface area contributed by atoms with Gasteiger partial charge in [-0.05, 0) is 69.6 Å². The third-order valence-corrected chi connectivity index (χ3v) is 7.84. The summed E-state index contributed by atoms with van der Waals surface area (Å²) in [5.74, 6) is -1.71. The minimum Gasteiger partial charge on any atom is -0.478 e. The van der Waals surface area contributed by atoms with Gasteiger partial charge in [-0.3, -0.25) is 4.79 Å². The number of aliphatic hydroxyl groups is 1. The normalized spacial score (nSPS) is 12.3. The average molecular weight is 552 g/mol. The molecule has 4 nitrogen and oxygen atoms in total. The average Bonchev–Trinajstić information content (AvgIpc) is 2.45. The van der Waals surface area contributed by atoms with Crippen LogP contribution < -0.4 is 0 Å². The first-order valence-electron chi connectivity index (χ1n) is 5.99. The molecule has 1 atom stereocenters. The van der Waals surface area contributed by atoms with Crippen molar-refractivity contribution in [2.75, 3.05) is 6.61 Å². The standard InChI is InChI=1S/C13H12Br4O4/c1-2-5(4-18)3-6(19)7-8(13(20)21)10(15)12(17)11(16)9(7)14/h5,18H,2-4H2,1H3,(H,20,21). The zero-order valence-corrected chi connectivity index (χ0v) is 17.3. The van der Waals surface area contributed by atoms with E-state index in [1.165, 1.54) is 0 Å². The summed E-state index contributed by atoms with van der Waals surface area (Å²) >= 11 is 13.1. The summed E-state index contributed by atoms with van der Waals surface area (Å²) in [6.07, 6.45) is 0.730. The summed E-state index contributed by atoms with van der Waals surface area (Å²) < 4.78 is 1.75. The van der Waals surface area contributed by atoms with Crippen molar-refractivity contribution >= 4 is 75.5 Å². The molecular formula is C13H12Br4O4. The van der Waals surface area contributed by atoms with Gasteiger partial charge < -0.3 is 10.2 Å². The van der Waals surface area contributed by atoms with Gasteiger partial charge in [0.25, 0.3) is 0 Å². The highest BCUT2D eigenvalue weighted by atomic mass is 79.9. The molecule has 0 heterocycles. The molecule has 0 fully saturated rings. The first-order valence-corrected chi connectivity index (χ1v) is 9.16. The lowest BCUT2D eigenvalue weighted by Gasteiger charge is -2.16. The predicted molar refractivity (Wildman–Crippen MR) is 94.0 cm³/mol. The molecule has 0 aliphatic rings. The molecule has 0 aromatic heterocycles. The highest BCUT2D eigenvalue weighted by molar-refractivity contribution is 9.15. The highest BCUT2D eigenvalue weighted by Gasteiger charge is 2.28. The van der Waals surface area contributed by atoms with E-state index in [0.29, 0.717) is 24.3 Å². The first kappa shape index (κ1) is 19.3. The molecule has 1 aromatic carbocycles. The third-order valence-electron chi connectivity index (χ3n) is 3.07. The van der Waals surface area contributed by atoms with Gasteiger partial charge in [0.1, 0.15) is 0 Å². The fourth-order valence-corrected chi connectivity index (χ4v) is 4.31. The van der Waals surface area contributed by atoms with Crippen LogP contribution in [0, 0.1) is 5.92 Å². The van der Waals surface area contributed by atoms with Crippen LogP contribution in [0.2, 0.25) is 0 Å². The van der Waals surface area contributed by atoms with E-state index in [1.54, 1.807) is 0 Å². The van der Waals surface area contributed by atoms with Crippen LogP contribution in [0.25, 0.3) is 0 Å². The van der Waals surface area contributed by atoms with Crippen LogP contribution in [0.4, 0.5) is 0 Å². The Hall–Kier alpha value is 0.240. The zero-order valence-electron chi connectivity index (χ0n) is 10.9. The first-order chi connectivity index (χ1) is 9.76. The lowest BCUT2D eigenvalue weighted by atomic mass is 9.94. The quantitative estimate of drug-likeness (QED) is 0.296. The van der Waals surface area contributed by atoms with Crippen molar-refractivity contribution in [2.24, 2.45) is 5.92 Å². The second-order valence-electron chi connectivity index (χ2n) is 4.40. The van der Waals surface area contributed by atoms with Gasteiger partial charge >= 0.3 is 5.97 Å². The minimum atomic E-state index is -1.20. The fourth-order valence-electron chi connectivity index (χ4n) is 1.80. The second kappa shape index (κ2) is 8.19. The molecule has 21 heavy (non-hydrogen) atoms. The van der Waals surface area contributed by atoms with E-state index in [9.17, 15) is 19.8 Å². The van der Waals surface area contributed by atoms with Crippen molar-refractivity contribution in [2.45, 2.75) is 19.8 Å². The maximum Gasteiger partial charge on any atom is 0.337 e. The number of rotatable bonds is 6. The summed E-state index contributed by atoms with van der Waals surface area (Å²) in [5, 5.41) is 18.6. The summed E-state index contributed by atoms with van der Waals surface area (Å²) in [4.78, 5) is 24.0. The number of ketones is 1. The number of hydrogen-bond acceptors (Lipinski definition) is 3. The molecule has 0 saturated carbocycles.